The number of nitro benzene ring substituents is 1. The Morgan fingerprint density at radius 1 is 1.44 bits per heavy atom. The van der Waals surface area contributed by atoms with Crippen molar-refractivity contribution in [3.05, 3.63) is 32.8 Å². The number of nitro groups is 1. The topological polar surface area (TPSA) is 101 Å². The Kier molecular flexibility index (Phi) is 3.38. The molecule has 0 saturated carbocycles. The molecule has 0 aliphatic rings. The summed E-state index contributed by atoms with van der Waals surface area (Å²) in [5.41, 5.74) is -1.00. The van der Waals surface area contributed by atoms with Crippen LogP contribution in [0.2, 0.25) is 5.02 Å². The van der Waals surface area contributed by atoms with Crippen LogP contribution in [-0.4, -0.2) is 13.3 Å². The maximum Gasteiger partial charge on any atom is 0.290 e. The summed E-state index contributed by atoms with van der Waals surface area (Å²) in [4.78, 5) is 9.11. The van der Waals surface area contributed by atoms with Gasteiger partial charge in [-0.3, -0.25) is 10.1 Å². The first kappa shape index (κ1) is 12.7. The lowest BCUT2D eigenvalue weighted by Crippen LogP contribution is -1.97. The SMILES string of the molecule is N#Cc1cc(S(=O)(=O)Cl)cc([N+](=O)[O-])c1Cl. The van der Waals surface area contributed by atoms with Gasteiger partial charge in [0.1, 0.15) is 11.1 Å². The number of hydrogen-bond acceptors (Lipinski definition) is 5. The number of benzene rings is 1. The van der Waals surface area contributed by atoms with Crippen LogP contribution in [0.4, 0.5) is 5.69 Å². The Bertz CT molecular complexity index is 606. The minimum Gasteiger partial charge on any atom is -0.258 e. The average Bonchev–Trinajstić information content (AvgIpc) is 2.15. The van der Waals surface area contributed by atoms with Crippen LogP contribution in [-0.2, 0) is 9.05 Å². The van der Waals surface area contributed by atoms with Crippen molar-refractivity contribution in [2.75, 3.05) is 0 Å². The quantitative estimate of drug-likeness (QED) is 0.469. The number of nitriles is 1. The lowest BCUT2D eigenvalue weighted by atomic mass is 10.2. The van der Waals surface area contributed by atoms with E-state index in [1.165, 1.54) is 0 Å². The minimum atomic E-state index is -4.15. The van der Waals surface area contributed by atoms with E-state index < -0.39 is 29.6 Å². The fourth-order valence-corrected chi connectivity index (χ4v) is 1.94. The molecule has 0 N–H and O–H groups in total. The van der Waals surface area contributed by atoms with Gasteiger partial charge in [-0.1, -0.05) is 11.6 Å². The van der Waals surface area contributed by atoms with Gasteiger partial charge in [-0.2, -0.15) is 5.26 Å². The fourth-order valence-electron chi connectivity index (χ4n) is 0.938. The van der Waals surface area contributed by atoms with E-state index in [0.29, 0.717) is 6.07 Å². The van der Waals surface area contributed by atoms with Gasteiger partial charge >= 0.3 is 0 Å². The molecule has 0 aromatic heterocycles. The number of rotatable bonds is 2. The molecule has 9 heteroatoms. The second-order valence-corrected chi connectivity index (χ2v) is 5.55. The van der Waals surface area contributed by atoms with Crippen molar-refractivity contribution >= 4 is 37.0 Å². The molecule has 16 heavy (non-hydrogen) atoms. The van der Waals surface area contributed by atoms with E-state index in [1.807, 2.05) is 0 Å². The van der Waals surface area contributed by atoms with Gasteiger partial charge in [-0.05, 0) is 6.07 Å². The summed E-state index contributed by atoms with van der Waals surface area (Å²) in [6.45, 7) is 0. The van der Waals surface area contributed by atoms with E-state index in [9.17, 15) is 18.5 Å². The fraction of sp³-hybridized carbons (Fsp3) is 0. The monoisotopic (exact) mass is 280 g/mol. The van der Waals surface area contributed by atoms with Crippen LogP contribution in [0.1, 0.15) is 5.56 Å². The number of halogens is 2. The molecule has 0 aliphatic heterocycles. The van der Waals surface area contributed by atoms with E-state index in [-0.39, 0.29) is 5.56 Å². The molecule has 0 bridgehead atoms. The maximum absolute atomic E-state index is 11.0. The van der Waals surface area contributed by atoms with Crippen LogP contribution in [0, 0.1) is 21.4 Å². The highest BCUT2D eigenvalue weighted by atomic mass is 35.7. The van der Waals surface area contributed by atoms with Gasteiger partial charge in [0, 0.05) is 16.7 Å². The van der Waals surface area contributed by atoms with Crippen molar-refractivity contribution in [3.63, 3.8) is 0 Å². The summed E-state index contributed by atoms with van der Waals surface area (Å²) in [6.07, 6.45) is 0. The van der Waals surface area contributed by atoms with E-state index in [2.05, 4.69) is 0 Å². The normalized spacial score (nSPS) is 10.8. The van der Waals surface area contributed by atoms with Gasteiger partial charge in [0.05, 0.1) is 15.4 Å². The summed E-state index contributed by atoms with van der Waals surface area (Å²) in [5, 5.41) is 18.7. The first-order chi connectivity index (χ1) is 7.27. The Hall–Kier alpha value is -1.36. The molecule has 0 radical (unpaired) electrons. The van der Waals surface area contributed by atoms with Crippen molar-refractivity contribution < 1.29 is 13.3 Å². The van der Waals surface area contributed by atoms with Crippen molar-refractivity contribution in [1.82, 2.24) is 0 Å². The highest BCUT2D eigenvalue weighted by Gasteiger charge is 2.22. The molecule has 0 unspecified atom stereocenters. The predicted molar refractivity (Wildman–Crippen MR) is 55.9 cm³/mol. The van der Waals surface area contributed by atoms with Crippen LogP contribution in [0.25, 0.3) is 0 Å². The first-order valence-electron chi connectivity index (χ1n) is 3.60. The summed E-state index contributed by atoms with van der Waals surface area (Å²) in [5.74, 6) is 0. The van der Waals surface area contributed by atoms with Crippen LogP contribution >= 0.6 is 22.3 Å². The maximum atomic E-state index is 11.0. The lowest BCUT2D eigenvalue weighted by Gasteiger charge is -2.00. The van der Waals surface area contributed by atoms with Crippen LogP contribution in [0.3, 0.4) is 0 Å². The molecule has 0 heterocycles. The van der Waals surface area contributed by atoms with Gasteiger partial charge in [-0.25, -0.2) is 8.42 Å². The summed E-state index contributed by atoms with van der Waals surface area (Å²) >= 11 is 5.52. The second-order valence-electron chi connectivity index (χ2n) is 2.61. The molecule has 1 aromatic rings. The molecular formula is C7H2Cl2N2O4S. The summed E-state index contributed by atoms with van der Waals surface area (Å²) in [6, 6.07) is 3.12. The highest BCUT2D eigenvalue weighted by molar-refractivity contribution is 8.13. The number of hydrogen-bond donors (Lipinski definition) is 0. The molecule has 0 spiro atoms. The van der Waals surface area contributed by atoms with Gasteiger partial charge in [0.2, 0.25) is 0 Å². The van der Waals surface area contributed by atoms with Crippen molar-refractivity contribution in [1.29, 1.82) is 5.26 Å². The molecule has 0 aliphatic carbocycles. The zero-order chi connectivity index (χ0) is 12.5. The molecule has 1 rings (SSSR count). The molecule has 84 valence electrons. The van der Waals surface area contributed by atoms with E-state index in [0.717, 1.165) is 6.07 Å². The molecule has 0 atom stereocenters. The van der Waals surface area contributed by atoms with Crippen LogP contribution in [0.15, 0.2) is 17.0 Å². The van der Waals surface area contributed by atoms with Gasteiger partial charge < -0.3 is 0 Å². The first-order valence-corrected chi connectivity index (χ1v) is 6.29. The summed E-state index contributed by atoms with van der Waals surface area (Å²) in [7, 11) is 0.863. The number of nitrogens with zero attached hydrogens (tertiary/aromatic N) is 2. The van der Waals surface area contributed by atoms with Crippen LogP contribution < -0.4 is 0 Å². The summed E-state index contributed by atoms with van der Waals surface area (Å²) < 4.78 is 22.0. The van der Waals surface area contributed by atoms with Gasteiger partial charge in [0.15, 0.2) is 0 Å². The standard InChI is InChI=1S/C7H2Cl2N2O4S/c8-7-4(3-10)1-5(16(9,14)15)2-6(7)11(12)13/h1-2H. The van der Waals surface area contributed by atoms with E-state index >= 15 is 0 Å². The Morgan fingerprint density at radius 3 is 2.38 bits per heavy atom. The van der Waals surface area contributed by atoms with Crippen molar-refractivity contribution in [2.24, 2.45) is 0 Å². The van der Waals surface area contributed by atoms with E-state index in [1.54, 1.807) is 6.07 Å². The zero-order valence-electron chi connectivity index (χ0n) is 7.35. The largest absolute Gasteiger partial charge is 0.290 e. The van der Waals surface area contributed by atoms with Crippen molar-refractivity contribution in [3.8, 4) is 6.07 Å². The van der Waals surface area contributed by atoms with Gasteiger partial charge in [-0.15, -0.1) is 0 Å². The molecule has 6 nitrogen and oxygen atoms in total. The minimum absolute atomic E-state index is 0.324. The average molecular weight is 281 g/mol. The molecule has 0 saturated heterocycles. The van der Waals surface area contributed by atoms with Gasteiger partial charge in [0.25, 0.3) is 14.7 Å². The van der Waals surface area contributed by atoms with Crippen molar-refractivity contribution in [2.45, 2.75) is 4.90 Å². The highest BCUT2D eigenvalue weighted by Crippen LogP contribution is 2.32. The molecular weight excluding hydrogens is 279 g/mol. The third-order valence-corrected chi connectivity index (χ3v) is 3.36. The molecule has 0 amide bonds. The lowest BCUT2D eigenvalue weighted by molar-refractivity contribution is -0.384. The second kappa shape index (κ2) is 4.25. The van der Waals surface area contributed by atoms with E-state index in [4.69, 9.17) is 27.5 Å². The third kappa shape index (κ3) is 2.41. The Morgan fingerprint density at radius 2 is 2.00 bits per heavy atom. The third-order valence-electron chi connectivity index (χ3n) is 1.63. The van der Waals surface area contributed by atoms with Crippen LogP contribution in [0.5, 0.6) is 0 Å². The smallest absolute Gasteiger partial charge is 0.258 e. The molecule has 1 aromatic carbocycles. The Balaban J connectivity index is 3.68. The predicted octanol–water partition coefficient (Wildman–Crippen LogP) is 2.05. The molecule has 0 fully saturated rings. The Labute approximate surface area is 99.6 Å². The zero-order valence-corrected chi connectivity index (χ0v) is 9.67.